The molecule has 5 nitrogen and oxygen atoms in total. The molecule has 0 aliphatic heterocycles. The summed E-state index contributed by atoms with van der Waals surface area (Å²) in [6.07, 6.45) is 0. The van der Waals surface area contributed by atoms with Gasteiger partial charge in [0.2, 0.25) is 0 Å². The van der Waals surface area contributed by atoms with Crippen LogP contribution in [0.15, 0.2) is 18.2 Å². The molecular formula is C13H20Cl2N2O3. The van der Waals surface area contributed by atoms with Gasteiger partial charge in [0.05, 0.1) is 19.3 Å². The Hall–Kier alpha value is -1.01. The average Bonchev–Trinajstić information content (AvgIpc) is 2.42. The fraction of sp³-hybridized carbons (Fsp3) is 0.462. The van der Waals surface area contributed by atoms with Crippen LogP contribution >= 0.6 is 24.0 Å². The van der Waals surface area contributed by atoms with Crippen molar-refractivity contribution < 1.29 is 14.3 Å². The first-order valence-electron chi connectivity index (χ1n) is 6.00. The molecule has 0 heterocycles. The predicted molar refractivity (Wildman–Crippen MR) is 82.3 cm³/mol. The van der Waals surface area contributed by atoms with Gasteiger partial charge in [-0.05, 0) is 18.2 Å². The molecule has 0 unspecified atom stereocenters. The molecule has 0 fully saturated rings. The van der Waals surface area contributed by atoms with Crippen molar-refractivity contribution in [1.29, 1.82) is 0 Å². The highest BCUT2D eigenvalue weighted by Gasteiger charge is 2.11. The summed E-state index contributed by atoms with van der Waals surface area (Å²) in [5, 5.41) is 6.44. The summed E-state index contributed by atoms with van der Waals surface area (Å²) < 4.78 is 10.0. The van der Waals surface area contributed by atoms with Crippen LogP contribution in [0.4, 0.5) is 0 Å². The molecule has 1 aromatic rings. The zero-order chi connectivity index (χ0) is 14.1. The van der Waals surface area contributed by atoms with Crippen LogP contribution in [-0.2, 0) is 4.74 Å². The monoisotopic (exact) mass is 322 g/mol. The van der Waals surface area contributed by atoms with E-state index in [0.717, 1.165) is 6.54 Å². The Morgan fingerprint density at radius 1 is 1.25 bits per heavy atom. The van der Waals surface area contributed by atoms with Gasteiger partial charge in [-0.1, -0.05) is 11.6 Å². The molecule has 7 heteroatoms. The second-order valence-corrected chi connectivity index (χ2v) is 4.28. The number of amides is 1. The smallest absolute Gasteiger partial charge is 0.255 e. The van der Waals surface area contributed by atoms with Crippen LogP contribution in [-0.4, -0.2) is 46.4 Å². The van der Waals surface area contributed by atoms with E-state index in [2.05, 4.69) is 10.6 Å². The Balaban J connectivity index is 0.00000361. The fourth-order valence-corrected chi connectivity index (χ4v) is 1.69. The molecule has 0 aliphatic rings. The van der Waals surface area contributed by atoms with Crippen LogP contribution in [0.25, 0.3) is 0 Å². The number of ether oxygens (including phenoxy) is 2. The van der Waals surface area contributed by atoms with E-state index < -0.39 is 0 Å². The largest absolute Gasteiger partial charge is 0.496 e. The van der Waals surface area contributed by atoms with Gasteiger partial charge in [0.25, 0.3) is 5.91 Å². The number of nitrogens with one attached hydrogen (secondary N) is 2. The molecule has 0 radical (unpaired) electrons. The highest BCUT2D eigenvalue weighted by Crippen LogP contribution is 2.22. The van der Waals surface area contributed by atoms with Crippen LogP contribution in [0.2, 0.25) is 5.02 Å². The van der Waals surface area contributed by atoms with Crippen molar-refractivity contribution in [2.75, 3.05) is 40.5 Å². The van der Waals surface area contributed by atoms with E-state index in [-0.39, 0.29) is 18.3 Å². The molecule has 2 N–H and O–H groups in total. The highest BCUT2D eigenvalue weighted by atomic mass is 35.5. The Bertz CT molecular complexity index is 417. The van der Waals surface area contributed by atoms with Gasteiger partial charge in [0.1, 0.15) is 5.75 Å². The van der Waals surface area contributed by atoms with Gasteiger partial charge in [-0.3, -0.25) is 4.79 Å². The van der Waals surface area contributed by atoms with Crippen molar-refractivity contribution >= 4 is 29.9 Å². The topological polar surface area (TPSA) is 59.6 Å². The summed E-state index contributed by atoms with van der Waals surface area (Å²) in [5.74, 6) is 0.308. The van der Waals surface area contributed by atoms with Crippen molar-refractivity contribution in [1.82, 2.24) is 10.6 Å². The Kier molecular flexibility index (Phi) is 10.2. The quantitative estimate of drug-likeness (QED) is 0.716. The van der Waals surface area contributed by atoms with Crippen molar-refractivity contribution in [3.8, 4) is 5.75 Å². The summed E-state index contributed by atoms with van der Waals surface area (Å²) >= 11 is 5.87. The maximum Gasteiger partial charge on any atom is 0.255 e. The number of carbonyl (C=O) groups is 1. The predicted octanol–water partition coefficient (Wildman–Crippen LogP) is 1.74. The lowest BCUT2D eigenvalue weighted by Crippen LogP contribution is -2.33. The second-order valence-electron chi connectivity index (χ2n) is 3.84. The lowest BCUT2D eigenvalue weighted by atomic mass is 10.2. The lowest BCUT2D eigenvalue weighted by molar-refractivity contribution is 0.0950. The number of hydrogen-bond acceptors (Lipinski definition) is 4. The molecule has 0 aliphatic carbocycles. The first kappa shape index (κ1) is 19.0. The molecule has 0 bridgehead atoms. The number of carbonyl (C=O) groups excluding carboxylic acids is 1. The van der Waals surface area contributed by atoms with E-state index in [1.165, 1.54) is 7.11 Å². The van der Waals surface area contributed by atoms with Crippen LogP contribution in [0.5, 0.6) is 5.75 Å². The number of rotatable bonds is 8. The standard InChI is InChI=1S/C13H19ClN2O3.ClH/c1-18-8-7-15-5-6-16-13(17)11-9-10(14)3-4-12(11)19-2;/h3-4,9,15H,5-8H2,1-2H3,(H,16,17);1H. The lowest BCUT2D eigenvalue weighted by Gasteiger charge is -2.10. The fourth-order valence-electron chi connectivity index (χ4n) is 1.52. The van der Waals surface area contributed by atoms with Crippen molar-refractivity contribution in [2.45, 2.75) is 0 Å². The van der Waals surface area contributed by atoms with E-state index in [4.69, 9.17) is 21.1 Å². The van der Waals surface area contributed by atoms with Crippen LogP contribution in [0.3, 0.4) is 0 Å². The Labute approximate surface area is 130 Å². The third-order valence-corrected chi connectivity index (χ3v) is 2.71. The maximum atomic E-state index is 12.0. The minimum atomic E-state index is -0.201. The average molecular weight is 323 g/mol. The molecule has 0 atom stereocenters. The molecule has 0 saturated carbocycles. The normalized spacial score (nSPS) is 9.75. The molecular weight excluding hydrogens is 303 g/mol. The van der Waals surface area contributed by atoms with Gasteiger partial charge in [0, 0.05) is 31.8 Å². The van der Waals surface area contributed by atoms with Crippen molar-refractivity contribution in [2.24, 2.45) is 0 Å². The first-order valence-corrected chi connectivity index (χ1v) is 6.38. The summed E-state index contributed by atoms with van der Waals surface area (Å²) in [6, 6.07) is 4.95. The Morgan fingerprint density at radius 3 is 2.65 bits per heavy atom. The molecule has 1 rings (SSSR count). The Morgan fingerprint density at radius 2 is 2.00 bits per heavy atom. The summed E-state index contributed by atoms with van der Waals surface area (Å²) in [6.45, 7) is 2.61. The molecule has 1 aromatic carbocycles. The highest BCUT2D eigenvalue weighted by molar-refractivity contribution is 6.31. The van der Waals surface area contributed by atoms with Gasteiger partial charge >= 0.3 is 0 Å². The zero-order valence-electron chi connectivity index (χ0n) is 11.6. The van der Waals surface area contributed by atoms with Gasteiger partial charge < -0.3 is 20.1 Å². The SMILES string of the molecule is COCCNCCNC(=O)c1cc(Cl)ccc1OC.Cl. The third kappa shape index (κ3) is 6.43. The third-order valence-electron chi connectivity index (χ3n) is 2.48. The van der Waals surface area contributed by atoms with Gasteiger partial charge in [-0.15, -0.1) is 12.4 Å². The molecule has 0 saturated heterocycles. The van der Waals surface area contributed by atoms with Crippen molar-refractivity contribution in [3.63, 3.8) is 0 Å². The van der Waals surface area contributed by atoms with Crippen molar-refractivity contribution in [3.05, 3.63) is 28.8 Å². The van der Waals surface area contributed by atoms with E-state index >= 15 is 0 Å². The van der Waals surface area contributed by atoms with Crippen LogP contribution in [0, 0.1) is 0 Å². The zero-order valence-corrected chi connectivity index (χ0v) is 13.1. The second kappa shape index (κ2) is 10.7. The van der Waals surface area contributed by atoms with Crippen LogP contribution < -0.4 is 15.4 Å². The molecule has 20 heavy (non-hydrogen) atoms. The summed E-state index contributed by atoms with van der Waals surface area (Å²) in [5.41, 5.74) is 0.437. The van der Waals surface area contributed by atoms with E-state index in [0.29, 0.717) is 36.0 Å². The minimum absolute atomic E-state index is 0. The van der Waals surface area contributed by atoms with E-state index in [1.807, 2.05) is 0 Å². The van der Waals surface area contributed by atoms with Crippen LogP contribution in [0.1, 0.15) is 10.4 Å². The maximum absolute atomic E-state index is 12.0. The number of methoxy groups -OCH3 is 2. The molecule has 0 spiro atoms. The number of benzene rings is 1. The summed E-state index contributed by atoms with van der Waals surface area (Å²) in [7, 11) is 3.17. The minimum Gasteiger partial charge on any atom is -0.496 e. The van der Waals surface area contributed by atoms with E-state index in [1.54, 1.807) is 25.3 Å². The van der Waals surface area contributed by atoms with Gasteiger partial charge in [-0.25, -0.2) is 0 Å². The number of hydrogen-bond donors (Lipinski definition) is 2. The molecule has 0 aromatic heterocycles. The van der Waals surface area contributed by atoms with Gasteiger partial charge in [-0.2, -0.15) is 0 Å². The van der Waals surface area contributed by atoms with Gasteiger partial charge in [0.15, 0.2) is 0 Å². The van der Waals surface area contributed by atoms with E-state index in [9.17, 15) is 4.79 Å². The molecule has 1 amide bonds. The molecule has 114 valence electrons. The summed E-state index contributed by atoms with van der Waals surface area (Å²) in [4.78, 5) is 12.0. The first-order chi connectivity index (χ1) is 9.19. The number of halogens is 2.